The first-order valence-corrected chi connectivity index (χ1v) is 10.1. The molecule has 1 heterocycles. The Labute approximate surface area is 181 Å². The van der Waals surface area contributed by atoms with Crippen LogP contribution < -0.4 is 0 Å². The zero-order valence-corrected chi connectivity index (χ0v) is 18.1. The highest BCUT2D eigenvalue weighted by Crippen LogP contribution is 2.27. The number of hydrogen-bond donors (Lipinski definition) is 2. The van der Waals surface area contributed by atoms with E-state index in [4.69, 9.17) is 16.3 Å². The van der Waals surface area contributed by atoms with Crippen molar-refractivity contribution in [2.45, 2.75) is 39.0 Å². The Balaban J connectivity index is 1.86. The van der Waals surface area contributed by atoms with E-state index in [1.807, 2.05) is 69.3 Å². The van der Waals surface area contributed by atoms with Gasteiger partial charge < -0.3 is 14.7 Å². The van der Waals surface area contributed by atoms with Crippen LogP contribution in [0.4, 0.5) is 4.79 Å². The summed E-state index contributed by atoms with van der Waals surface area (Å²) in [5.41, 5.74) is 2.81. The van der Waals surface area contributed by atoms with Crippen molar-refractivity contribution in [3.05, 3.63) is 76.9 Å². The van der Waals surface area contributed by atoms with E-state index in [1.165, 1.54) is 4.90 Å². The summed E-state index contributed by atoms with van der Waals surface area (Å²) >= 11 is 5.97. The first kappa shape index (κ1) is 21.9. The molecule has 1 atom stereocenters. The van der Waals surface area contributed by atoms with Gasteiger partial charge in [-0.1, -0.05) is 54.1 Å². The van der Waals surface area contributed by atoms with Gasteiger partial charge >= 0.3 is 6.09 Å². The van der Waals surface area contributed by atoms with Gasteiger partial charge in [0.2, 0.25) is 0 Å². The maximum atomic E-state index is 11.9. The third kappa shape index (κ3) is 5.62. The number of amides is 1. The largest absolute Gasteiger partial charge is 0.465 e. The van der Waals surface area contributed by atoms with Gasteiger partial charge in [-0.05, 0) is 44.5 Å². The lowest BCUT2D eigenvalue weighted by Gasteiger charge is -2.35. The van der Waals surface area contributed by atoms with Crippen LogP contribution in [0.1, 0.15) is 38.1 Å². The minimum atomic E-state index is -0.992. The first-order valence-electron chi connectivity index (χ1n) is 9.71. The van der Waals surface area contributed by atoms with E-state index in [-0.39, 0.29) is 6.54 Å². The molecule has 0 saturated heterocycles. The van der Waals surface area contributed by atoms with Crippen LogP contribution in [0.25, 0.3) is 11.3 Å². The average Bonchev–Trinajstić information content (AvgIpc) is 3.18. The lowest BCUT2D eigenvalue weighted by molar-refractivity contribution is -0.00455. The standard InChI is InChI=1S/C23H26ClN3O3/c1-23(2,3)27(22(28)29)14-21(30-15-16-7-5-4-6-8-16)20-13-19(25-26-20)17-9-11-18(24)12-10-17/h4-13,21H,14-15H2,1-3H3,(H,25,26)(H,28,29). The smallest absolute Gasteiger partial charge is 0.407 e. The summed E-state index contributed by atoms with van der Waals surface area (Å²) in [4.78, 5) is 13.3. The van der Waals surface area contributed by atoms with Crippen molar-refractivity contribution in [3.63, 3.8) is 0 Å². The van der Waals surface area contributed by atoms with Crippen LogP contribution in [-0.2, 0) is 11.3 Å². The fourth-order valence-corrected chi connectivity index (χ4v) is 3.21. The van der Waals surface area contributed by atoms with E-state index in [9.17, 15) is 9.90 Å². The van der Waals surface area contributed by atoms with Crippen LogP contribution in [0.5, 0.6) is 0 Å². The van der Waals surface area contributed by atoms with Gasteiger partial charge in [0.25, 0.3) is 0 Å². The van der Waals surface area contributed by atoms with Crippen LogP contribution in [-0.4, -0.2) is 38.4 Å². The van der Waals surface area contributed by atoms with Gasteiger partial charge in [-0.2, -0.15) is 5.10 Å². The number of nitrogens with one attached hydrogen (secondary N) is 1. The van der Waals surface area contributed by atoms with Crippen molar-refractivity contribution in [1.82, 2.24) is 15.1 Å². The van der Waals surface area contributed by atoms with Crippen LogP contribution in [0, 0.1) is 0 Å². The highest BCUT2D eigenvalue weighted by Gasteiger charge is 2.30. The number of ether oxygens (including phenoxy) is 1. The Morgan fingerprint density at radius 2 is 1.83 bits per heavy atom. The zero-order chi connectivity index (χ0) is 21.7. The third-order valence-corrected chi connectivity index (χ3v) is 5.02. The maximum absolute atomic E-state index is 11.9. The van der Waals surface area contributed by atoms with Gasteiger partial charge in [0.1, 0.15) is 6.10 Å². The van der Waals surface area contributed by atoms with Crippen molar-refractivity contribution in [2.75, 3.05) is 6.54 Å². The summed E-state index contributed by atoms with van der Waals surface area (Å²) < 4.78 is 6.16. The van der Waals surface area contributed by atoms with E-state index < -0.39 is 17.7 Å². The molecule has 1 unspecified atom stereocenters. The number of nitrogens with zero attached hydrogens (tertiary/aromatic N) is 2. The van der Waals surface area contributed by atoms with E-state index in [0.717, 1.165) is 16.8 Å². The average molecular weight is 428 g/mol. The number of carboxylic acid groups (broad SMARTS) is 1. The Morgan fingerprint density at radius 1 is 1.17 bits per heavy atom. The number of carbonyl (C=O) groups is 1. The summed E-state index contributed by atoms with van der Waals surface area (Å²) in [6.07, 6.45) is -1.50. The summed E-state index contributed by atoms with van der Waals surface area (Å²) in [5.74, 6) is 0. The van der Waals surface area contributed by atoms with Crippen molar-refractivity contribution in [3.8, 4) is 11.3 Å². The topological polar surface area (TPSA) is 78.5 Å². The van der Waals surface area contributed by atoms with Crippen molar-refractivity contribution < 1.29 is 14.6 Å². The number of aromatic amines is 1. The molecule has 1 aromatic heterocycles. The molecule has 1 amide bonds. The van der Waals surface area contributed by atoms with Crippen LogP contribution >= 0.6 is 11.6 Å². The maximum Gasteiger partial charge on any atom is 0.407 e. The van der Waals surface area contributed by atoms with Crippen LogP contribution in [0.15, 0.2) is 60.7 Å². The number of hydrogen-bond acceptors (Lipinski definition) is 3. The number of benzene rings is 2. The van der Waals surface area contributed by atoms with Gasteiger partial charge in [-0.25, -0.2) is 4.79 Å². The lowest BCUT2D eigenvalue weighted by Crippen LogP contribution is -2.47. The number of halogens is 1. The molecule has 30 heavy (non-hydrogen) atoms. The molecule has 0 fully saturated rings. The van der Waals surface area contributed by atoms with Crippen LogP contribution in [0.3, 0.4) is 0 Å². The van der Waals surface area contributed by atoms with E-state index in [0.29, 0.717) is 17.3 Å². The fraction of sp³-hybridized carbons (Fsp3) is 0.304. The molecule has 0 aliphatic carbocycles. The normalized spacial score (nSPS) is 12.5. The summed E-state index contributed by atoms with van der Waals surface area (Å²) in [7, 11) is 0. The molecule has 0 bridgehead atoms. The molecule has 0 radical (unpaired) electrons. The molecule has 0 aliphatic heterocycles. The minimum absolute atomic E-state index is 0.175. The lowest BCUT2D eigenvalue weighted by atomic mass is 10.0. The summed E-state index contributed by atoms with van der Waals surface area (Å²) in [6.45, 7) is 6.12. The highest BCUT2D eigenvalue weighted by molar-refractivity contribution is 6.30. The van der Waals surface area contributed by atoms with E-state index >= 15 is 0 Å². The predicted molar refractivity (Wildman–Crippen MR) is 117 cm³/mol. The fourth-order valence-electron chi connectivity index (χ4n) is 3.09. The Bertz CT molecular complexity index is 965. The van der Waals surface area contributed by atoms with Gasteiger partial charge in [-0.3, -0.25) is 5.10 Å². The molecule has 7 heteroatoms. The van der Waals surface area contributed by atoms with Gasteiger partial charge in [0.15, 0.2) is 0 Å². The van der Waals surface area contributed by atoms with Gasteiger partial charge in [0.05, 0.1) is 24.5 Å². The SMILES string of the molecule is CC(C)(C)N(CC(OCc1ccccc1)c1cc(-c2ccc(Cl)cc2)n[nH]1)C(=O)O. The quantitative estimate of drug-likeness (QED) is 0.502. The molecule has 6 nitrogen and oxygen atoms in total. The van der Waals surface area contributed by atoms with E-state index in [2.05, 4.69) is 10.2 Å². The molecule has 3 rings (SSSR count). The zero-order valence-electron chi connectivity index (χ0n) is 17.3. The Kier molecular flexibility index (Phi) is 6.80. The Morgan fingerprint density at radius 3 is 2.43 bits per heavy atom. The van der Waals surface area contributed by atoms with Crippen molar-refractivity contribution in [1.29, 1.82) is 0 Å². The molecule has 0 spiro atoms. The van der Waals surface area contributed by atoms with Gasteiger partial charge in [0, 0.05) is 16.1 Å². The predicted octanol–water partition coefficient (Wildman–Crippen LogP) is 5.77. The molecular formula is C23H26ClN3O3. The minimum Gasteiger partial charge on any atom is -0.465 e. The molecule has 2 aromatic carbocycles. The van der Waals surface area contributed by atoms with Gasteiger partial charge in [-0.15, -0.1) is 0 Å². The summed E-state index contributed by atoms with van der Waals surface area (Å²) in [6, 6.07) is 19.1. The van der Waals surface area contributed by atoms with Crippen LogP contribution in [0.2, 0.25) is 5.02 Å². The second kappa shape index (κ2) is 9.32. The highest BCUT2D eigenvalue weighted by atomic mass is 35.5. The third-order valence-electron chi connectivity index (χ3n) is 4.77. The second-order valence-corrected chi connectivity index (χ2v) is 8.50. The monoisotopic (exact) mass is 427 g/mol. The second-order valence-electron chi connectivity index (χ2n) is 8.06. The summed E-state index contributed by atoms with van der Waals surface area (Å²) in [5, 5.41) is 17.8. The molecule has 158 valence electrons. The number of rotatable bonds is 7. The van der Waals surface area contributed by atoms with Crippen molar-refractivity contribution >= 4 is 17.7 Å². The molecule has 2 N–H and O–H groups in total. The molecule has 0 aliphatic rings. The molecular weight excluding hydrogens is 402 g/mol. The number of H-pyrrole nitrogens is 1. The first-order chi connectivity index (χ1) is 14.2. The molecule has 3 aromatic rings. The number of aromatic nitrogens is 2. The Hall–Kier alpha value is -2.83. The van der Waals surface area contributed by atoms with E-state index in [1.54, 1.807) is 12.1 Å². The molecule has 0 saturated carbocycles. The van der Waals surface area contributed by atoms with Crippen molar-refractivity contribution in [2.24, 2.45) is 0 Å².